The van der Waals surface area contributed by atoms with Crippen molar-refractivity contribution in [2.75, 3.05) is 6.54 Å². The summed E-state index contributed by atoms with van der Waals surface area (Å²) in [6, 6.07) is 16.0. The molecule has 0 aliphatic carbocycles. The zero-order valence-electron chi connectivity index (χ0n) is 12.5. The van der Waals surface area contributed by atoms with Crippen molar-refractivity contribution in [2.24, 2.45) is 0 Å². The predicted octanol–water partition coefficient (Wildman–Crippen LogP) is 4.71. The molecule has 0 N–H and O–H groups in total. The van der Waals surface area contributed by atoms with Gasteiger partial charge in [0, 0.05) is 11.0 Å². The minimum absolute atomic E-state index is 0.0163. The van der Waals surface area contributed by atoms with Crippen LogP contribution in [0.15, 0.2) is 53.0 Å². The number of benzene rings is 2. The van der Waals surface area contributed by atoms with E-state index in [1.54, 1.807) is 4.90 Å². The average Bonchev–Trinajstić information content (AvgIpc) is 2.54. The van der Waals surface area contributed by atoms with E-state index >= 15 is 0 Å². The SMILES string of the molecule is CC1c2c(Br)cccc2CCN1C(=O)OCc1ccccc1. The lowest BCUT2D eigenvalue weighted by Crippen LogP contribution is -2.39. The Labute approximate surface area is 139 Å². The maximum Gasteiger partial charge on any atom is 0.410 e. The van der Waals surface area contributed by atoms with E-state index in [4.69, 9.17) is 4.74 Å². The van der Waals surface area contributed by atoms with Gasteiger partial charge >= 0.3 is 6.09 Å². The number of hydrogen-bond acceptors (Lipinski definition) is 2. The van der Waals surface area contributed by atoms with Gasteiger partial charge in [0.15, 0.2) is 0 Å². The van der Waals surface area contributed by atoms with Gasteiger partial charge in [0.1, 0.15) is 6.61 Å². The first-order chi connectivity index (χ1) is 10.7. The molecule has 0 spiro atoms. The van der Waals surface area contributed by atoms with E-state index in [0.29, 0.717) is 13.2 Å². The van der Waals surface area contributed by atoms with Gasteiger partial charge in [0.2, 0.25) is 0 Å². The standard InChI is InChI=1S/C18H18BrNO2/c1-13-17-15(8-5-9-16(17)19)10-11-20(13)18(21)22-12-14-6-3-2-4-7-14/h2-9,13H,10-12H2,1H3. The molecule has 1 amide bonds. The minimum atomic E-state index is -0.252. The largest absolute Gasteiger partial charge is 0.445 e. The van der Waals surface area contributed by atoms with Crippen LogP contribution in [0.4, 0.5) is 4.79 Å². The van der Waals surface area contributed by atoms with Crippen molar-refractivity contribution in [1.29, 1.82) is 0 Å². The summed E-state index contributed by atoms with van der Waals surface area (Å²) in [6.07, 6.45) is 0.609. The summed E-state index contributed by atoms with van der Waals surface area (Å²) in [5.74, 6) is 0. The van der Waals surface area contributed by atoms with E-state index in [2.05, 4.69) is 22.0 Å². The number of amides is 1. The fraction of sp³-hybridized carbons (Fsp3) is 0.278. The highest BCUT2D eigenvalue weighted by Crippen LogP contribution is 2.35. The number of nitrogens with zero attached hydrogens (tertiary/aromatic N) is 1. The zero-order chi connectivity index (χ0) is 15.5. The number of rotatable bonds is 2. The molecule has 114 valence electrons. The van der Waals surface area contributed by atoms with Gasteiger partial charge in [0.25, 0.3) is 0 Å². The first-order valence-corrected chi connectivity index (χ1v) is 8.20. The van der Waals surface area contributed by atoms with Crippen LogP contribution in [0.25, 0.3) is 0 Å². The van der Waals surface area contributed by atoms with E-state index in [-0.39, 0.29) is 12.1 Å². The van der Waals surface area contributed by atoms with Gasteiger partial charge < -0.3 is 9.64 Å². The van der Waals surface area contributed by atoms with Gasteiger partial charge in [-0.15, -0.1) is 0 Å². The van der Waals surface area contributed by atoms with Crippen molar-refractivity contribution in [1.82, 2.24) is 4.90 Å². The number of ether oxygens (including phenoxy) is 1. The van der Waals surface area contributed by atoms with Gasteiger partial charge in [-0.3, -0.25) is 0 Å². The number of hydrogen-bond donors (Lipinski definition) is 0. The fourth-order valence-electron chi connectivity index (χ4n) is 2.91. The second-order valence-electron chi connectivity index (χ2n) is 5.47. The molecular weight excluding hydrogens is 342 g/mol. The summed E-state index contributed by atoms with van der Waals surface area (Å²) in [5.41, 5.74) is 3.49. The molecule has 1 aliphatic heterocycles. The van der Waals surface area contributed by atoms with Crippen molar-refractivity contribution >= 4 is 22.0 Å². The lowest BCUT2D eigenvalue weighted by atomic mass is 9.94. The monoisotopic (exact) mass is 359 g/mol. The Morgan fingerprint density at radius 2 is 2.00 bits per heavy atom. The third kappa shape index (κ3) is 3.02. The van der Waals surface area contributed by atoms with E-state index in [0.717, 1.165) is 16.5 Å². The molecule has 0 saturated carbocycles. The van der Waals surface area contributed by atoms with E-state index in [1.807, 2.05) is 49.4 Å². The van der Waals surface area contributed by atoms with E-state index < -0.39 is 0 Å². The maximum absolute atomic E-state index is 12.4. The summed E-state index contributed by atoms with van der Waals surface area (Å²) >= 11 is 3.60. The van der Waals surface area contributed by atoms with E-state index in [9.17, 15) is 4.79 Å². The van der Waals surface area contributed by atoms with E-state index in [1.165, 1.54) is 11.1 Å². The Balaban J connectivity index is 1.70. The summed E-state index contributed by atoms with van der Waals surface area (Å²) in [7, 11) is 0. The smallest absolute Gasteiger partial charge is 0.410 e. The van der Waals surface area contributed by atoms with Gasteiger partial charge in [-0.1, -0.05) is 58.4 Å². The summed E-state index contributed by atoms with van der Waals surface area (Å²) in [5, 5.41) is 0. The summed E-state index contributed by atoms with van der Waals surface area (Å²) in [4.78, 5) is 14.2. The third-order valence-electron chi connectivity index (χ3n) is 4.09. The maximum atomic E-state index is 12.4. The summed E-state index contributed by atoms with van der Waals surface area (Å²) in [6.45, 7) is 3.05. The predicted molar refractivity (Wildman–Crippen MR) is 89.6 cm³/mol. The van der Waals surface area contributed by atoms with Crippen LogP contribution in [-0.2, 0) is 17.8 Å². The van der Waals surface area contributed by atoms with Gasteiger partial charge in [-0.2, -0.15) is 0 Å². The molecule has 2 aromatic carbocycles. The molecule has 4 heteroatoms. The second-order valence-corrected chi connectivity index (χ2v) is 6.33. The molecule has 0 aromatic heterocycles. The van der Waals surface area contributed by atoms with Crippen LogP contribution in [0.3, 0.4) is 0 Å². The Morgan fingerprint density at radius 1 is 1.23 bits per heavy atom. The molecule has 0 fully saturated rings. The molecular formula is C18H18BrNO2. The molecule has 0 radical (unpaired) electrons. The van der Waals surface area contributed by atoms with Crippen molar-refractivity contribution in [3.63, 3.8) is 0 Å². The highest BCUT2D eigenvalue weighted by atomic mass is 79.9. The molecule has 1 unspecified atom stereocenters. The number of halogens is 1. The van der Waals surface area contributed by atoms with Crippen LogP contribution in [0.2, 0.25) is 0 Å². The first-order valence-electron chi connectivity index (χ1n) is 7.41. The highest BCUT2D eigenvalue weighted by molar-refractivity contribution is 9.10. The molecule has 0 bridgehead atoms. The topological polar surface area (TPSA) is 29.5 Å². The van der Waals surface area contributed by atoms with Gasteiger partial charge in [-0.05, 0) is 36.1 Å². The molecule has 1 atom stereocenters. The molecule has 1 heterocycles. The Kier molecular flexibility index (Phi) is 4.48. The number of carbonyl (C=O) groups is 1. The highest BCUT2D eigenvalue weighted by Gasteiger charge is 2.29. The quantitative estimate of drug-likeness (QED) is 0.777. The van der Waals surface area contributed by atoms with Gasteiger partial charge in [-0.25, -0.2) is 4.79 Å². The van der Waals surface area contributed by atoms with Crippen LogP contribution in [-0.4, -0.2) is 17.5 Å². The van der Waals surface area contributed by atoms with Crippen molar-refractivity contribution in [3.05, 3.63) is 69.7 Å². The Morgan fingerprint density at radius 3 is 2.77 bits per heavy atom. The van der Waals surface area contributed by atoms with Crippen LogP contribution in [0.5, 0.6) is 0 Å². The van der Waals surface area contributed by atoms with Crippen molar-refractivity contribution in [3.8, 4) is 0 Å². The summed E-state index contributed by atoms with van der Waals surface area (Å²) < 4.78 is 6.52. The normalized spacial score (nSPS) is 17.0. The molecule has 0 saturated heterocycles. The second kappa shape index (κ2) is 6.53. The van der Waals surface area contributed by atoms with Crippen LogP contribution in [0, 0.1) is 0 Å². The minimum Gasteiger partial charge on any atom is -0.445 e. The van der Waals surface area contributed by atoms with Crippen LogP contribution < -0.4 is 0 Å². The Hall–Kier alpha value is -1.81. The number of carbonyl (C=O) groups excluding carboxylic acids is 1. The molecule has 2 aromatic rings. The Bertz CT molecular complexity index is 672. The average molecular weight is 360 g/mol. The molecule has 3 rings (SSSR count). The molecule has 3 nitrogen and oxygen atoms in total. The lowest BCUT2D eigenvalue weighted by molar-refractivity contribution is 0.0802. The fourth-order valence-corrected chi connectivity index (χ4v) is 3.65. The number of fused-ring (bicyclic) bond motifs is 1. The van der Waals surface area contributed by atoms with Gasteiger partial charge in [0.05, 0.1) is 6.04 Å². The molecule has 1 aliphatic rings. The van der Waals surface area contributed by atoms with Crippen LogP contribution >= 0.6 is 15.9 Å². The zero-order valence-corrected chi connectivity index (χ0v) is 14.0. The van der Waals surface area contributed by atoms with Crippen molar-refractivity contribution in [2.45, 2.75) is 26.0 Å². The lowest BCUT2D eigenvalue weighted by Gasteiger charge is -2.35. The first kappa shape index (κ1) is 15.1. The van der Waals surface area contributed by atoms with Crippen LogP contribution in [0.1, 0.15) is 29.7 Å². The third-order valence-corrected chi connectivity index (χ3v) is 4.78. The van der Waals surface area contributed by atoms with Crippen molar-refractivity contribution < 1.29 is 9.53 Å². The molecule has 22 heavy (non-hydrogen) atoms.